The molecule has 0 saturated heterocycles. The van der Waals surface area contributed by atoms with Crippen LogP contribution < -0.4 is 5.73 Å². The Morgan fingerprint density at radius 2 is 2.21 bits per heavy atom. The fourth-order valence-electron chi connectivity index (χ4n) is 2.27. The molecule has 1 heterocycles. The number of rotatable bonds is 0. The summed E-state index contributed by atoms with van der Waals surface area (Å²) < 4.78 is 0. The molecule has 0 amide bonds. The minimum atomic E-state index is 0.598. The summed E-state index contributed by atoms with van der Waals surface area (Å²) in [6, 6.07) is 6.33. The first-order chi connectivity index (χ1) is 6.66. The Balaban J connectivity index is 2.39. The zero-order valence-electron chi connectivity index (χ0n) is 8.96. The molecule has 2 N–H and O–H groups in total. The lowest BCUT2D eigenvalue weighted by molar-refractivity contribution is 0.332. The Kier molecular flexibility index (Phi) is 2.46. The monoisotopic (exact) mass is 190 g/mol. The second-order valence-electron chi connectivity index (χ2n) is 4.37. The van der Waals surface area contributed by atoms with Gasteiger partial charge in [-0.15, -0.1) is 0 Å². The molecule has 0 bridgehead atoms. The number of hydrogen-bond donors (Lipinski definition) is 1. The highest BCUT2D eigenvalue weighted by atomic mass is 15.1. The van der Waals surface area contributed by atoms with E-state index in [-0.39, 0.29) is 0 Å². The predicted octanol–water partition coefficient (Wildman–Crippen LogP) is 1.86. The largest absolute Gasteiger partial charge is 0.399 e. The maximum Gasteiger partial charge on any atom is 0.0317 e. The third-order valence-electron chi connectivity index (χ3n) is 3.05. The van der Waals surface area contributed by atoms with E-state index in [4.69, 9.17) is 5.73 Å². The number of anilines is 1. The summed E-state index contributed by atoms with van der Waals surface area (Å²) >= 11 is 0. The van der Waals surface area contributed by atoms with Crippen LogP contribution in [0, 0.1) is 0 Å². The van der Waals surface area contributed by atoms with Crippen LogP contribution in [0.2, 0.25) is 0 Å². The number of fused-ring (bicyclic) bond motifs is 1. The molecule has 1 atom stereocenters. The zero-order valence-corrected chi connectivity index (χ0v) is 8.96. The van der Waals surface area contributed by atoms with Crippen molar-refractivity contribution in [3.05, 3.63) is 29.3 Å². The summed E-state index contributed by atoms with van der Waals surface area (Å²) in [7, 11) is 2.19. The smallest absolute Gasteiger partial charge is 0.0317 e. The number of nitrogens with two attached hydrogens (primary N) is 1. The fourth-order valence-corrected chi connectivity index (χ4v) is 2.27. The van der Waals surface area contributed by atoms with Crippen molar-refractivity contribution in [3.8, 4) is 0 Å². The molecule has 2 heteroatoms. The predicted molar refractivity (Wildman–Crippen MR) is 60.5 cm³/mol. The molecular weight excluding hydrogens is 172 g/mol. The van der Waals surface area contributed by atoms with Crippen LogP contribution in [0.15, 0.2) is 18.2 Å². The van der Waals surface area contributed by atoms with Gasteiger partial charge >= 0.3 is 0 Å². The van der Waals surface area contributed by atoms with Crippen LogP contribution in [0.5, 0.6) is 0 Å². The van der Waals surface area contributed by atoms with Gasteiger partial charge < -0.3 is 10.6 Å². The van der Waals surface area contributed by atoms with Gasteiger partial charge in [-0.05, 0) is 42.6 Å². The van der Waals surface area contributed by atoms with Gasteiger partial charge in [-0.3, -0.25) is 0 Å². The molecule has 2 rings (SSSR count). The van der Waals surface area contributed by atoms with Crippen molar-refractivity contribution in [3.63, 3.8) is 0 Å². The summed E-state index contributed by atoms with van der Waals surface area (Å²) in [6.07, 6.45) is 1.15. The van der Waals surface area contributed by atoms with Gasteiger partial charge in [0.05, 0.1) is 0 Å². The molecule has 76 valence electrons. The van der Waals surface area contributed by atoms with E-state index in [1.54, 1.807) is 0 Å². The van der Waals surface area contributed by atoms with Gasteiger partial charge in [0.15, 0.2) is 0 Å². The lowest BCUT2D eigenvalue weighted by Gasteiger charge is -2.17. The number of nitrogens with zero attached hydrogens (tertiary/aromatic N) is 1. The van der Waals surface area contributed by atoms with Crippen molar-refractivity contribution in [1.82, 2.24) is 4.90 Å². The second-order valence-corrected chi connectivity index (χ2v) is 4.37. The Morgan fingerprint density at radius 1 is 1.43 bits per heavy atom. The number of likely N-dealkylation sites (N-methyl/N-ethyl adjacent to an activating group) is 1. The molecule has 1 aliphatic heterocycles. The van der Waals surface area contributed by atoms with Crippen LogP contribution in [-0.4, -0.2) is 25.0 Å². The highest BCUT2D eigenvalue weighted by Crippen LogP contribution is 2.26. The third kappa shape index (κ3) is 1.75. The molecule has 1 aliphatic rings. The summed E-state index contributed by atoms with van der Waals surface area (Å²) in [6.45, 7) is 4.57. The van der Waals surface area contributed by atoms with Crippen LogP contribution in [-0.2, 0) is 6.42 Å². The quantitative estimate of drug-likeness (QED) is 0.633. The normalized spacial score (nSPS) is 22.9. The standard InChI is InChI=1S/C12H18N2/c1-9-8-14(2)6-5-10-3-4-11(13)7-12(9)10/h3-4,7,9H,5-6,8,13H2,1-2H3/t9-/m1/s1. The van der Waals surface area contributed by atoms with Crippen molar-refractivity contribution < 1.29 is 0 Å². The van der Waals surface area contributed by atoms with Gasteiger partial charge in [-0.25, -0.2) is 0 Å². The van der Waals surface area contributed by atoms with Gasteiger partial charge in [-0.2, -0.15) is 0 Å². The zero-order chi connectivity index (χ0) is 10.1. The SMILES string of the molecule is C[C@@H]1CN(C)CCc2ccc(N)cc21. The lowest BCUT2D eigenvalue weighted by atomic mass is 9.95. The van der Waals surface area contributed by atoms with Crippen molar-refractivity contribution in [2.75, 3.05) is 25.9 Å². The molecular formula is C12H18N2. The lowest BCUT2D eigenvalue weighted by Crippen LogP contribution is -2.22. The van der Waals surface area contributed by atoms with E-state index in [9.17, 15) is 0 Å². The van der Waals surface area contributed by atoms with Crippen LogP contribution >= 0.6 is 0 Å². The molecule has 0 aliphatic carbocycles. The third-order valence-corrected chi connectivity index (χ3v) is 3.05. The average Bonchev–Trinajstić information content (AvgIpc) is 2.27. The Bertz CT molecular complexity index is 333. The number of hydrogen-bond acceptors (Lipinski definition) is 2. The van der Waals surface area contributed by atoms with E-state index >= 15 is 0 Å². The van der Waals surface area contributed by atoms with E-state index in [0.717, 1.165) is 25.2 Å². The first-order valence-corrected chi connectivity index (χ1v) is 5.23. The van der Waals surface area contributed by atoms with Crippen molar-refractivity contribution in [1.29, 1.82) is 0 Å². The highest BCUT2D eigenvalue weighted by Gasteiger charge is 2.17. The van der Waals surface area contributed by atoms with Crippen LogP contribution in [0.3, 0.4) is 0 Å². The highest BCUT2D eigenvalue weighted by molar-refractivity contribution is 5.46. The second kappa shape index (κ2) is 3.62. The Labute approximate surface area is 85.7 Å². The summed E-state index contributed by atoms with van der Waals surface area (Å²) in [5.74, 6) is 0.598. The summed E-state index contributed by atoms with van der Waals surface area (Å²) in [5.41, 5.74) is 9.61. The maximum absolute atomic E-state index is 5.82. The molecule has 1 aromatic carbocycles. The molecule has 0 aromatic heterocycles. The van der Waals surface area contributed by atoms with Crippen LogP contribution in [0.25, 0.3) is 0 Å². The molecule has 0 unspecified atom stereocenters. The van der Waals surface area contributed by atoms with E-state index in [0.29, 0.717) is 5.92 Å². The molecule has 14 heavy (non-hydrogen) atoms. The van der Waals surface area contributed by atoms with E-state index in [2.05, 4.69) is 31.0 Å². The fraction of sp³-hybridized carbons (Fsp3) is 0.500. The topological polar surface area (TPSA) is 29.3 Å². The molecule has 1 aromatic rings. The summed E-state index contributed by atoms with van der Waals surface area (Å²) in [4.78, 5) is 2.39. The van der Waals surface area contributed by atoms with Gasteiger partial charge in [0.1, 0.15) is 0 Å². The molecule has 0 spiro atoms. The van der Waals surface area contributed by atoms with Crippen molar-refractivity contribution in [2.24, 2.45) is 0 Å². The number of benzene rings is 1. The van der Waals surface area contributed by atoms with Crippen molar-refractivity contribution in [2.45, 2.75) is 19.3 Å². The van der Waals surface area contributed by atoms with Gasteiger partial charge in [0.2, 0.25) is 0 Å². The Morgan fingerprint density at radius 3 is 3.00 bits per heavy atom. The van der Waals surface area contributed by atoms with Gasteiger partial charge in [0.25, 0.3) is 0 Å². The van der Waals surface area contributed by atoms with Gasteiger partial charge in [0, 0.05) is 18.8 Å². The van der Waals surface area contributed by atoms with Crippen LogP contribution in [0.4, 0.5) is 5.69 Å². The number of nitrogen functional groups attached to an aromatic ring is 1. The minimum Gasteiger partial charge on any atom is -0.399 e. The maximum atomic E-state index is 5.82. The average molecular weight is 190 g/mol. The Hall–Kier alpha value is -1.02. The van der Waals surface area contributed by atoms with Crippen LogP contribution in [0.1, 0.15) is 24.0 Å². The van der Waals surface area contributed by atoms with Crippen molar-refractivity contribution >= 4 is 5.69 Å². The first kappa shape index (κ1) is 9.53. The molecule has 0 radical (unpaired) electrons. The van der Waals surface area contributed by atoms with E-state index < -0.39 is 0 Å². The minimum absolute atomic E-state index is 0.598. The first-order valence-electron chi connectivity index (χ1n) is 5.23. The molecule has 2 nitrogen and oxygen atoms in total. The summed E-state index contributed by atoms with van der Waals surface area (Å²) in [5, 5.41) is 0. The van der Waals surface area contributed by atoms with E-state index in [1.807, 2.05) is 6.07 Å². The molecule has 0 fully saturated rings. The van der Waals surface area contributed by atoms with E-state index in [1.165, 1.54) is 11.1 Å². The van der Waals surface area contributed by atoms with Gasteiger partial charge in [-0.1, -0.05) is 13.0 Å². The molecule has 0 saturated carbocycles.